The number of carbonyl (C=O) groups is 1. The van der Waals surface area contributed by atoms with Crippen molar-refractivity contribution in [1.82, 2.24) is 0 Å². The predicted molar refractivity (Wildman–Crippen MR) is 113 cm³/mol. The van der Waals surface area contributed by atoms with Crippen LogP contribution in [0.5, 0.6) is 5.75 Å². The summed E-state index contributed by atoms with van der Waals surface area (Å²) < 4.78 is 14.6. The van der Waals surface area contributed by atoms with Gasteiger partial charge in [0.25, 0.3) is 0 Å². The summed E-state index contributed by atoms with van der Waals surface area (Å²) in [4.78, 5) is 11.8. The third-order valence-electron chi connectivity index (χ3n) is 4.92. The number of hydrogen-bond donors (Lipinski definition) is 0. The van der Waals surface area contributed by atoms with Crippen molar-refractivity contribution in [1.29, 1.82) is 0 Å². The van der Waals surface area contributed by atoms with Crippen molar-refractivity contribution in [3.8, 4) is 5.75 Å². The average Bonchev–Trinajstić information content (AvgIpc) is 2.74. The third kappa shape index (κ3) is 3.70. The Hall–Kier alpha value is -2.56. The molecule has 0 aliphatic rings. The van der Waals surface area contributed by atoms with E-state index in [-0.39, 0.29) is 35.7 Å². The summed E-state index contributed by atoms with van der Waals surface area (Å²) in [6.45, 7) is 1.50. The quantitative estimate of drug-likeness (QED) is 0.293. The number of carbonyl (C=O) groups excluding carboxylic acids is 1. The van der Waals surface area contributed by atoms with Gasteiger partial charge in [-0.1, -0.05) is 90.7 Å². The van der Waals surface area contributed by atoms with E-state index in [4.69, 9.17) is 0 Å². The van der Waals surface area contributed by atoms with Crippen LogP contribution < -0.4 is 39.9 Å². The van der Waals surface area contributed by atoms with Gasteiger partial charge in [-0.15, -0.1) is 0 Å². The molecule has 0 amide bonds. The van der Waals surface area contributed by atoms with Crippen molar-refractivity contribution >= 4 is 39.6 Å². The second kappa shape index (κ2) is 8.44. The number of ketones is 1. The molecule has 3 nitrogen and oxygen atoms in total. The summed E-state index contributed by atoms with van der Waals surface area (Å²) >= 11 is 0. The van der Waals surface area contributed by atoms with Crippen LogP contribution in [0.25, 0.3) is 10.8 Å². The van der Waals surface area contributed by atoms with Crippen molar-refractivity contribution in [2.45, 2.75) is 6.92 Å². The van der Waals surface area contributed by atoms with Crippen LogP contribution in [-0.4, -0.2) is 5.78 Å². The number of fused-ring (bicyclic) bond motifs is 1. The maximum absolute atomic E-state index is 14.6. The van der Waals surface area contributed by atoms with E-state index >= 15 is 0 Å². The van der Waals surface area contributed by atoms with Gasteiger partial charge in [0, 0.05) is 21.5 Å². The van der Waals surface area contributed by atoms with Gasteiger partial charge in [-0.05, 0) is 23.8 Å². The van der Waals surface area contributed by atoms with Crippen molar-refractivity contribution in [2.24, 2.45) is 0 Å². The SMILES string of the molecule is CC(=O)c1ccc2c(P(=O)(c3ccccc3)c3ccccc3)c([O-])ccc2c1.[Li+]. The average molecular weight is 392 g/mol. The molecule has 0 saturated heterocycles. The molecule has 0 aliphatic heterocycles. The summed E-state index contributed by atoms with van der Waals surface area (Å²) in [6.07, 6.45) is 0. The molecule has 29 heavy (non-hydrogen) atoms. The molecule has 0 unspecified atom stereocenters. The van der Waals surface area contributed by atoms with Gasteiger partial charge in [0.05, 0.1) is 0 Å². The van der Waals surface area contributed by atoms with Crippen LogP contribution >= 0.6 is 7.14 Å². The molecule has 0 fully saturated rings. The fourth-order valence-electron chi connectivity index (χ4n) is 3.52. The number of benzene rings is 4. The largest absolute Gasteiger partial charge is 1.00 e. The summed E-state index contributed by atoms with van der Waals surface area (Å²) in [5.41, 5.74) is 0.561. The van der Waals surface area contributed by atoms with Crippen LogP contribution in [0.4, 0.5) is 0 Å². The molecule has 0 aromatic heterocycles. The van der Waals surface area contributed by atoms with Gasteiger partial charge in [-0.3, -0.25) is 4.79 Å². The van der Waals surface area contributed by atoms with Crippen molar-refractivity contribution in [2.75, 3.05) is 0 Å². The maximum atomic E-state index is 14.6. The van der Waals surface area contributed by atoms with E-state index < -0.39 is 7.14 Å². The van der Waals surface area contributed by atoms with Crippen molar-refractivity contribution in [3.63, 3.8) is 0 Å². The Bertz CT molecular complexity index is 1180. The fourth-order valence-corrected chi connectivity index (χ4v) is 6.45. The summed E-state index contributed by atoms with van der Waals surface area (Å²) in [7, 11) is -3.40. The second-order valence-electron chi connectivity index (χ2n) is 6.68. The topological polar surface area (TPSA) is 57.2 Å². The van der Waals surface area contributed by atoms with Gasteiger partial charge in [0.1, 0.15) is 0 Å². The zero-order chi connectivity index (χ0) is 19.7. The van der Waals surface area contributed by atoms with Gasteiger partial charge in [0.2, 0.25) is 0 Å². The molecule has 0 bridgehead atoms. The number of hydrogen-bond acceptors (Lipinski definition) is 3. The maximum Gasteiger partial charge on any atom is 1.00 e. The zero-order valence-corrected chi connectivity index (χ0v) is 17.2. The minimum atomic E-state index is -3.40. The van der Waals surface area contributed by atoms with Crippen LogP contribution in [0.15, 0.2) is 91.0 Å². The van der Waals surface area contributed by atoms with E-state index in [1.54, 1.807) is 48.5 Å². The molecule has 0 N–H and O–H groups in total. The van der Waals surface area contributed by atoms with Crippen molar-refractivity contribution in [3.05, 3.63) is 96.6 Å². The summed E-state index contributed by atoms with van der Waals surface area (Å²) in [5.74, 6) is -0.317. The molecule has 0 radical (unpaired) electrons. The Morgan fingerprint density at radius 3 is 1.86 bits per heavy atom. The van der Waals surface area contributed by atoms with Crippen LogP contribution in [0.3, 0.4) is 0 Å². The Morgan fingerprint density at radius 2 is 1.34 bits per heavy atom. The monoisotopic (exact) mass is 392 g/mol. The molecule has 0 aliphatic carbocycles. The summed E-state index contributed by atoms with van der Waals surface area (Å²) in [5, 5.41) is 15.9. The molecule has 4 rings (SSSR count). The normalized spacial score (nSPS) is 11.1. The van der Waals surface area contributed by atoms with E-state index in [9.17, 15) is 14.5 Å². The molecule has 138 valence electrons. The smallest absolute Gasteiger partial charge is 0.872 e. The van der Waals surface area contributed by atoms with E-state index in [1.165, 1.54) is 13.0 Å². The van der Waals surface area contributed by atoms with Gasteiger partial charge in [-0.25, -0.2) is 0 Å². The fraction of sp³-hybridized carbons (Fsp3) is 0.0417. The van der Waals surface area contributed by atoms with Crippen molar-refractivity contribution < 1.29 is 33.3 Å². The molecule has 0 atom stereocenters. The molecule has 0 heterocycles. The molecular weight excluding hydrogens is 374 g/mol. The van der Waals surface area contributed by atoms with E-state index in [1.807, 2.05) is 36.4 Å². The first-order chi connectivity index (χ1) is 13.5. The molecule has 4 aromatic carbocycles. The molecule has 0 spiro atoms. The first-order valence-corrected chi connectivity index (χ1v) is 10.7. The Morgan fingerprint density at radius 1 is 0.793 bits per heavy atom. The van der Waals surface area contributed by atoms with Gasteiger partial charge in [-0.2, -0.15) is 0 Å². The van der Waals surface area contributed by atoms with Gasteiger partial charge in [0.15, 0.2) is 12.9 Å². The molecule has 0 saturated carbocycles. The van der Waals surface area contributed by atoms with E-state index in [0.29, 0.717) is 21.6 Å². The zero-order valence-electron chi connectivity index (χ0n) is 16.3. The van der Waals surface area contributed by atoms with Gasteiger partial charge >= 0.3 is 18.9 Å². The van der Waals surface area contributed by atoms with Gasteiger partial charge < -0.3 is 9.67 Å². The standard InChI is InChI=1S/C24H19O3P.Li/c1-17(25)18-12-14-22-19(16-18)13-15-23(26)24(22)28(27,20-8-4-2-5-9-20)21-10-6-3-7-11-21;/h2-16,26H,1H3;/q;+1/p-1. The Balaban J connectivity index is 0.00000240. The second-order valence-corrected chi connectivity index (χ2v) is 9.38. The molecule has 5 heteroatoms. The number of Topliss-reactive ketones (excluding diaryl/α,β-unsaturated/α-hetero) is 1. The van der Waals surface area contributed by atoms with Crippen LogP contribution in [0.1, 0.15) is 17.3 Å². The minimum Gasteiger partial charge on any atom is -0.872 e. The first kappa shape index (κ1) is 21.2. The van der Waals surface area contributed by atoms with Crippen LogP contribution in [0.2, 0.25) is 0 Å². The number of rotatable bonds is 4. The molecular formula is C24H18LiO3P. The van der Waals surface area contributed by atoms with E-state index in [2.05, 4.69) is 0 Å². The summed E-state index contributed by atoms with van der Waals surface area (Å²) in [6, 6.07) is 26.5. The predicted octanol–water partition coefficient (Wildman–Crippen LogP) is 0.759. The first-order valence-electron chi connectivity index (χ1n) is 8.98. The van der Waals surface area contributed by atoms with Crippen LogP contribution in [-0.2, 0) is 4.57 Å². The third-order valence-corrected chi connectivity index (χ3v) is 8.06. The molecule has 4 aromatic rings. The minimum absolute atomic E-state index is 0. The van der Waals surface area contributed by atoms with Crippen LogP contribution in [0, 0.1) is 0 Å². The Kier molecular flexibility index (Phi) is 6.15. The van der Waals surface area contributed by atoms with E-state index in [0.717, 1.165) is 5.39 Å². The Labute approximate surface area is 182 Å².